The maximum Gasteiger partial charge on any atom is 0.191 e. The average molecular weight is 237 g/mol. The van der Waals surface area contributed by atoms with E-state index in [1.807, 2.05) is 13.0 Å². The van der Waals surface area contributed by atoms with Gasteiger partial charge in [-0.2, -0.15) is 0 Å². The van der Waals surface area contributed by atoms with Gasteiger partial charge in [0.05, 0.1) is 19.1 Å². The Kier molecular flexibility index (Phi) is 4.17. The van der Waals surface area contributed by atoms with Crippen molar-refractivity contribution in [2.45, 2.75) is 19.5 Å². The lowest BCUT2D eigenvalue weighted by atomic mass is 10.2. The fourth-order valence-electron chi connectivity index (χ4n) is 2.00. The molecule has 0 amide bonds. The SMILES string of the molecule is COC=CC1CN(Cc2coc(C)n2)CCN1. The summed E-state index contributed by atoms with van der Waals surface area (Å²) in [5.41, 5.74) is 0.999. The van der Waals surface area contributed by atoms with E-state index in [4.69, 9.17) is 9.15 Å². The van der Waals surface area contributed by atoms with Crippen LogP contribution in [0.15, 0.2) is 23.0 Å². The number of hydrogen-bond donors (Lipinski definition) is 1. The van der Waals surface area contributed by atoms with Gasteiger partial charge in [-0.15, -0.1) is 0 Å². The van der Waals surface area contributed by atoms with Crippen molar-refractivity contribution in [3.8, 4) is 0 Å². The summed E-state index contributed by atoms with van der Waals surface area (Å²) in [4.78, 5) is 6.68. The van der Waals surface area contributed by atoms with Crippen molar-refractivity contribution >= 4 is 0 Å². The molecule has 2 heterocycles. The third-order valence-corrected chi connectivity index (χ3v) is 2.79. The molecule has 94 valence electrons. The van der Waals surface area contributed by atoms with E-state index in [-0.39, 0.29) is 0 Å². The number of aryl methyl sites for hydroxylation is 1. The van der Waals surface area contributed by atoms with Crippen LogP contribution in [-0.4, -0.2) is 42.7 Å². The first kappa shape index (κ1) is 12.1. The standard InChI is InChI=1S/C12H19N3O2/c1-10-14-12(9-17-10)8-15-5-4-13-11(7-15)3-6-16-2/h3,6,9,11,13H,4-5,7-8H2,1-2H3. The van der Waals surface area contributed by atoms with Crippen molar-refractivity contribution in [1.29, 1.82) is 0 Å². The van der Waals surface area contributed by atoms with Gasteiger partial charge in [0.25, 0.3) is 0 Å². The summed E-state index contributed by atoms with van der Waals surface area (Å²) in [6.07, 6.45) is 5.50. The summed E-state index contributed by atoms with van der Waals surface area (Å²) >= 11 is 0. The van der Waals surface area contributed by atoms with Crippen LogP contribution in [0.5, 0.6) is 0 Å². The molecule has 5 heteroatoms. The molecule has 1 saturated heterocycles. The molecule has 0 spiro atoms. The van der Waals surface area contributed by atoms with Crippen LogP contribution in [-0.2, 0) is 11.3 Å². The van der Waals surface area contributed by atoms with Crippen LogP contribution in [0.1, 0.15) is 11.6 Å². The second-order valence-electron chi connectivity index (χ2n) is 4.22. The number of rotatable bonds is 4. The van der Waals surface area contributed by atoms with Crippen molar-refractivity contribution in [1.82, 2.24) is 15.2 Å². The molecule has 1 aromatic heterocycles. The van der Waals surface area contributed by atoms with E-state index in [1.54, 1.807) is 19.6 Å². The van der Waals surface area contributed by atoms with Gasteiger partial charge in [-0.1, -0.05) is 0 Å². The summed E-state index contributed by atoms with van der Waals surface area (Å²) in [6.45, 7) is 5.69. The molecule has 1 aliphatic heterocycles. The summed E-state index contributed by atoms with van der Waals surface area (Å²) in [5.74, 6) is 0.728. The lowest BCUT2D eigenvalue weighted by molar-refractivity contribution is 0.205. The Labute approximate surface area is 101 Å². The molecule has 1 unspecified atom stereocenters. The maximum absolute atomic E-state index is 5.21. The van der Waals surface area contributed by atoms with Crippen molar-refractivity contribution in [2.24, 2.45) is 0 Å². The minimum Gasteiger partial charge on any atom is -0.505 e. The minimum absolute atomic E-state index is 0.344. The molecule has 0 aromatic carbocycles. The molecule has 1 fully saturated rings. The monoisotopic (exact) mass is 237 g/mol. The highest BCUT2D eigenvalue weighted by atomic mass is 16.5. The molecular weight excluding hydrogens is 218 g/mol. The normalized spacial score (nSPS) is 22.1. The zero-order chi connectivity index (χ0) is 12.1. The van der Waals surface area contributed by atoms with Crippen LogP contribution >= 0.6 is 0 Å². The van der Waals surface area contributed by atoms with Gasteiger partial charge in [0, 0.05) is 39.1 Å². The van der Waals surface area contributed by atoms with Crippen molar-refractivity contribution < 1.29 is 9.15 Å². The summed E-state index contributed by atoms with van der Waals surface area (Å²) in [6, 6.07) is 0.344. The Bertz CT molecular complexity index is 376. The Morgan fingerprint density at radius 2 is 2.59 bits per heavy atom. The predicted molar refractivity (Wildman–Crippen MR) is 64.5 cm³/mol. The van der Waals surface area contributed by atoms with Crippen LogP contribution in [0.2, 0.25) is 0 Å². The number of piperazine rings is 1. The van der Waals surface area contributed by atoms with Gasteiger partial charge >= 0.3 is 0 Å². The third kappa shape index (κ3) is 3.57. The molecule has 0 saturated carbocycles. The molecular formula is C12H19N3O2. The number of nitrogens with one attached hydrogen (secondary N) is 1. The van der Waals surface area contributed by atoms with Crippen molar-refractivity contribution in [3.63, 3.8) is 0 Å². The van der Waals surface area contributed by atoms with Gasteiger partial charge in [0.2, 0.25) is 0 Å². The molecule has 1 N–H and O–H groups in total. The molecule has 0 bridgehead atoms. The Morgan fingerprint density at radius 1 is 1.71 bits per heavy atom. The minimum atomic E-state index is 0.344. The van der Waals surface area contributed by atoms with Gasteiger partial charge < -0.3 is 14.5 Å². The fraction of sp³-hybridized carbons (Fsp3) is 0.583. The third-order valence-electron chi connectivity index (χ3n) is 2.79. The van der Waals surface area contributed by atoms with Crippen LogP contribution in [0.4, 0.5) is 0 Å². The van der Waals surface area contributed by atoms with Gasteiger partial charge in [-0.05, 0) is 6.08 Å². The van der Waals surface area contributed by atoms with Crippen molar-refractivity contribution in [2.75, 3.05) is 26.7 Å². The summed E-state index contributed by atoms with van der Waals surface area (Å²) in [5, 5.41) is 3.42. The molecule has 1 aromatic rings. The van der Waals surface area contributed by atoms with E-state index in [2.05, 4.69) is 15.2 Å². The van der Waals surface area contributed by atoms with E-state index in [1.165, 1.54) is 0 Å². The molecule has 0 aliphatic carbocycles. The topological polar surface area (TPSA) is 50.5 Å². The van der Waals surface area contributed by atoms with Crippen molar-refractivity contribution in [3.05, 3.63) is 30.2 Å². The number of nitrogens with zero attached hydrogens (tertiary/aromatic N) is 2. The van der Waals surface area contributed by atoms with E-state index >= 15 is 0 Å². The number of methoxy groups -OCH3 is 1. The van der Waals surface area contributed by atoms with E-state index in [0.717, 1.165) is 37.8 Å². The zero-order valence-corrected chi connectivity index (χ0v) is 10.3. The lowest BCUT2D eigenvalue weighted by Crippen LogP contribution is -2.49. The summed E-state index contributed by atoms with van der Waals surface area (Å²) < 4.78 is 10.1. The quantitative estimate of drug-likeness (QED) is 0.789. The predicted octanol–water partition coefficient (Wildman–Crippen LogP) is 0.917. The fourth-order valence-corrected chi connectivity index (χ4v) is 2.00. The second kappa shape index (κ2) is 5.84. The van der Waals surface area contributed by atoms with Crippen LogP contribution in [0, 0.1) is 6.92 Å². The Balaban J connectivity index is 1.87. The number of aromatic nitrogens is 1. The van der Waals surface area contributed by atoms with Gasteiger partial charge in [0.15, 0.2) is 5.89 Å². The molecule has 2 rings (SSSR count). The van der Waals surface area contributed by atoms with Crippen LogP contribution < -0.4 is 5.32 Å². The maximum atomic E-state index is 5.21. The highest BCUT2D eigenvalue weighted by Gasteiger charge is 2.18. The molecule has 1 atom stereocenters. The average Bonchev–Trinajstić information content (AvgIpc) is 2.73. The first-order valence-electron chi connectivity index (χ1n) is 5.84. The van der Waals surface area contributed by atoms with E-state index < -0.39 is 0 Å². The highest BCUT2D eigenvalue weighted by Crippen LogP contribution is 2.08. The number of oxazole rings is 1. The smallest absolute Gasteiger partial charge is 0.191 e. The van der Waals surface area contributed by atoms with Crippen LogP contribution in [0.25, 0.3) is 0 Å². The molecule has 5 nitrogen and oxygen atoms in total. The van der Waals surface area contributed by atoms with Crippen LogP contribution in [0.3, 0.4) is 0 Å². The van der Waals surface area contributed by atoms with Gasteiger partial charge in [-0.3, -0.25) is 4.90 Å². The first-order valence-corrected chi connectivity index (χ1v) is 5.84. The first-order chi connectivity index (χ1) is 8.28. The highest BCUT2D eigenvalue weighted by molar-refractivity contribution is 4.99. The largest absolute Gasteiger partial charge is 0.505 e. The van der Waals surface area contributed by atoms with Gasteiger partial charge in [-0.25, -0.2) is 4.98 Å². The van der Waals surface area contributed by atoms with Gasteiger partial charge in [0.1, 0.15) is 6.26 Å². The number of hydrogen-bond acceptors (Lipinski definition) is 5. The summed E-state index contributed by atoms with van der Waals surface area (Å²) in [7, 11) is 1.66. The van der Waals surface area contributed by atoms with E-state index in [0.29, 0.717) is 6.04 Å². The second-order valence-corrected chi connectivity index (χ2v) is 4.22. The zero-order valence-electron chi connectivity index (χ0n) is 10.3. The number of ether oxygens (including phenoxy) is 1. The molecule has 1 aliphatic rings. The lowest BCUT2D eigenvalue weighted by Gasteiger charge is -2.31. The molecule has 17 heavy (non-hydrogen) atoms. The Hall–Kier alpha value is -1.33. The van der Waals surface area contributed by atoms with E-state index in [9.17, 15) is 0 Å². The molecule has 0 radical (unpaired) electrons. The Morgan fingerprint density at radius 3 is 3.29 bits per heavy atom.